The summed E-state index contributed by atoms with van der Waals surface area (Å²) < 4.78 is 1.88. The summed E-state index contributed by atoms with van der Waals surface area (Å²) in [6.45, 7) is 4.22. The molecule has 1 aliphatic rings. The average Bonchev–Trinajstić information content (AvgIpc) is 3.21. The van der Waals surface area contributed by atoms with Crippen LogP contribution in [0.1, 0.15) is 20.3 Å². The molecule has 0 atom stereocenters. The van der Waals surface area contributed by atoms with E-state index in [1.165, 1.54) is 21.9 Å². The molecule has 1 heterocycles. The van der Waals surface area contributed by atoms with Gasteiger partial charge >= 0.3 is 25.8 Å². The van der Waals surface area contributed by atoms with Crippen LogP contribution in [-0.2, 0) is 25.8 Å². The molecule has 3 aromatic rings. The fraction of sp³-hybridized carbons (Fsp3) is 0.158. The minimum absolute atomic E-state index is 0. The van der Waals surface area contributed by atoms with Crippen LogP contribution in [0.25, 0.3) is 16.5 Å². The third-order valence-electron chi connectivity index (χ3n) is 3.74. The van der Waals surface area contributed by atoms with Gasteiger partial charge in [-0.15, -0.1) is 54.4 Å². The first kappa shape index (κ1) is 23.0. The Labute approximate surface area is 174 Å². The zero-order chi connectivity index (χ0) is 14.7. The number of nitrogens with zero attached hydrogens (tertiary/aromatic N) is 2. The molecule has 2 aromatic carbocycles. The SMILES string of the molecule is CC1=[C-]CC=C1C.[Cl-].[Cl-].[Hf+4].c1ccc2[cH-]c(-n3cccn3)cc2c1. The van der Waals surface area contributed by atoms with Gasteiger partial charge in [-0.3, -0.25) is 10.8 Å². The molecular weight excluding hydrogens is 506 g/mol. The Bertz CT molecular complexity index is 753. The molecule has 0 amide bonds. The molecule has 0 N–H and O–H groups in total. The zero-order valence-corrected chi connectivity index (χ0v) is 18.7. The van der Waals surface area contributed by atoms with E-state index in [-0.39, 0.29) is 50.7 Å². The van der Waals surface area contributed by atoms with Gasteiger partial charge < -0.3 is 24.8 Å². The summed E-state index contributed by atoms with van der Waals surface area (Å²) in [5.41, 5.74) is 3.83. The molecule has 0 saturated heterocycles. The molecule has 1 aromatic heterocycles. The van der Waals surface area contributed by atoms with Crippen LogP contribution in [-0.4, -0.2) is 9.78 Å². The Morgan fingerprint density at radius 2 is 1.88 bits per heavy atom. The van der Waals surface area contributed by atoms with Crippen LogP contribution < -0.4 is 24.8 Å². The minimum atomic E-state index is 0. The van der Waals surface area contributed by atoms with E-state index in [4.69, 9.17) is 0 Å². The van der Waals surface area contributed by atoms with Crippen LogP contribution in [0.3, 0.4) is 0 Å². The van der Waals surface area contributed by atoms with Crippen LogP contribution in [0.4, 0.5) is 0 Å². The molecule has 0 spiro atoms. The predicted octanol–water partition coefficient (Wildman–Crippen LogP) is -1.16. The molecule has 2 nitrogen and oxygen atoms in total. The van der Waals surface area contributed by atoms with Crippen molar-refractivity contribution >= 4 is 10.8 Å². The molecular formula is C19H18Cl2HfN2. The van der Waals surface area contributed by atoms with Gasteiger partial charge in [0.05, 0.1) is 0 Å². The Morgan fingerprint density at radius 3 is 2.38 bits per heavy atom. The second kappa shape index (κ2) is 10.8. The minimum Gasteiger partial charge on any atom is -1.00 e. The van der Waals surface area contributed by atoms with Gasteiger partial charge in [-0.2, -0.15) is 11.2 Å². The number of rotatable bonds is 1. The number of benzene rings is 1. The third kappa shape index (κ3) is 5.51. The molecule has 4 rings (SSSR count). The van der Waals surface area contributed by atoms with Crippen molar-refractivity contribution in [3.05, 3.63) is 78.2 Å². The first-order chi connectivity index (χ1) is 10.2. The topological polar surface area (TPSA) is 17.8 Å². The van der Waals surface area contributed by atoms with Crippen LogP contribution in [0.2, 0.25) is 0 Å². The summed E-state index contributed by atoms with van der Waals surface area (Å²) in [6, 6.07) is 14.5. The monoisotopic (exact) mass is 524 g/mol. The van der Waals surface area contributed by atoms with Crippen LogP contribution in [0, 0.1) is 6.08 Å². The van der Waals surface area contributed by atoms with Gasteiger partial charge in [0.2, 0.25) is 0 Å². The fourth-order valence-electron chi connectivity index (χ4n) is 2.34. The maximum absolute atomic E-state index is 4.20. The summed E-state index contributed by atoms with van der Waals surface area (Å²) in [7, 11) is 0. The smallest absolute Gasteiger partial charge is 1.00 e. The molecule has 5 heteroatoms. The van der Waals surface area contributed by atoms with Gasteiger partial charge in [-0.1, -0.05) is 13.0 Å². The Morgan fingerprint density at radius 1 is 1.12 bits per heavy atom. The first-order valence-electron chi connectivity index (χ1n) is 7.14. The molecule has 0 bridgehead atoms. The summed E-state index contributed by atoms with van der Waals surface area (Å²) in [5, 5.41) is 6.72. The molecule has 24 heavy (non-hydrogen) atoms. The van der Waals surface area contributed by atoms with Gasteiger partial charge in [0, 0.05) is 12.4 Å². The molecule has 122 valence electrons. The van der Waals surface area contributed by atoms with Gasteiger partial charge in [0.1, 0.15) is 0 Å². The van der Waals surface area contributed by atoms with E-state index >= 15 is 0 Å². The van der Waals surface area contributed by atoms with E-state index in [0.29, 0.717) is 0 Å². The second-order valence-corrected chi connectivity index (χ2v) is 5.19. The largest absolute Gasteiger partial charge is 4.00 e. The van der Waals surface area contributed by atoms with Crippen molar-refractivity contribution < 1.29 is 50.7 Å². The van der Waals surface area contributed by atoms with E-state index in [2.05, 4.69) is 67.5 Å². The van der Waals surface area contributed by atoms with Gasteiger partial charge in [-0.25, -0.2) is 11.1 Å². The van der Waals surface area contributed by atoms with Crippen molar-refractivity contribution in [2.24, 2.45) is 0 Å². The number of fused-ring (bicyclic) bond motifs is 1. The predicted molar refractivity (Wildman–Crippen MR) is 87.5 cm³/mol. The Hall–Kier alpha value is -1.03. The Kier molecular flexibility index (Phi) is 10.3. The Balaban J connectivity index is 0.000000463. The average molecular weight is 524 g/mol. The molecule has 0 unspecified atom stereocenters. The van der Waals surface area contributed by atoms with E-state index in [9.17, 15) is 0 Å². The number of hydrogen-bond acceptors (Lipinski definition) is 1. The molecule has 0 aliphatic heterocycles. The normalized spacial score (nSPS) is 11.9. The van der Waals surface area contributed by atoms with Crippen molar-refractivity contribution in [2.45, 2.75) is 20.3 Å². The zero-order valence-electron chi connectivity index (χ0n) is 13.6. The van der Waals surface area contributed by atoms with Crippen LogP contribution in [0.5, 0.6) is 0 Å². The quantitative estimate of drug-likeness (QED) is 0.291. The number of aromatic nitrogens is 2. The maximum Gasteiger partial charge on any atom is 4.00 e. The summed E-state index contributed by atoms with van der Waals surface area (Å²) >= 11 is 0. The van der Waals surface area contributed by atoms with E-state index in [1.54, 1.807) is 6.20 Å². The van der Waals surface area contributed by atoms with Gasteiger partial charge in [-0.05, 0) is 11.8 Å². The van der Waals surface area contributed by atoms with Crippen molar-refractivity contribution in [2.75, 3.05) is 0 Å². The van der Waals surface area contributed by atoms with Crippen LogP contribution >= 0.6 is 0 Å². The fourth-order valence-corrected chi connectivity index (χ4v) is 2.34. The number of halogens is 2. The molecule has 1 aliphatic carbocycles. The first-order valence-corrected chi connectivity index (χ1v) is 7.14. The van der Waals surface area contributed by atoms with Crippen molar-refractivity contribution in [1.82, 2.24) is 9.78 Å². The van der Waals surface area contributed by atoms with Crippen molar-refractivity contribution in [1.29, 1.82) is 0 Å². The van der Waals surface area contributed by atoms with E-state index < -0.39 is 0 Å². The molecule has 0 saturated carbocycles. The summed E-state index contributed by atoms with van der Waals surface area (Å²) in [4.78, 5) is 0. The summed E-state index contributed by atoms with van der Waals surface area (Å²) in [5.74, 6) is 0. The summed E-state index contributed by atoms with van der Waals surface area (Å²) in [6.07, 6.45) is 10.2. The number of hydrogen-bond donors (Lipinski definition) is 0. The van der Waals surface area contributed by atoms with E-state index in [1.807, 2.05) is 16.9 Å². The van der Waals surface area contributed by atoms with Crippen molar-refractivity contribution in [3.63, 3.8) is 0 Å². The molecule has 0 radical (unpaired) electrons. The molecule has 0 fully saturated rings. The number of allylic oxidation sites excluding steroid dienone is 4. The van der Waals surface area contributed by atoms with Crippen molar-refractivity contribution in [3.8, 4) is 5.69 Å². The van der Waals surface area contributed by atoms with Gasteiger partial charge in [0.15, 0.2) is 0 Å². The standard InChI is InChI=1S/C12H9N2.C7H9.2ClH.Hf/c1-2-5-11-9-12(8-10(11)4-1)14-7-3-6-13-14;1-6-4-3-5-7(6)2;;;/h1-9H;4H,3H2,1-2H3;2*1H;/q2*-1;;;+4/p-2. The second-order valence-electron chi connectivity index (χ2n) is 5.19. The maximum atomic E-state index is 4.20. The van der Waals surface area contributed by atoms with Gasteiger partial charge in [0.25, 0.3) is 0 Å². The third-order valence-corrected chi connectivity index (χ3v) is 3.74. The van der Waals surface area contributed by atoms with Crippen LogP contribution in [0.15, 0.2) is 72.1 Å². The van der Waals surface area contributed by atoms with E-state index in [0.717, 1.165) is 12.1 Å².